The highest BCUT2D eigenvalue weighted by atomic mass is 32.1. The second kappa shape index (κ2) is 9.54. The summed E-state index contributed by atoms with van der Waals surface area (Å²) in [5.41, 5.74) is 4.66. The predicted octanol–water partition coefficient (Wildman–Crippen LogP) is 4.60. The summed E-state index contributed by atoms with van der Waals surface area (Å²) in [5, 5.41) is 4.16. The molecule has 0 saturated heterocycles. The molecular formula is C26H29N3O4S. The zero-order chi connectivity index (χ0) is 23.7. The lowest BCUT2D eigenvalue weighted by Gasteiger charge is -2.31. The third-order valence-corrected chi connectivity index (χ3v) is 8.02. The number of benzene rings is 1. The first-order valence-corrected chi connectivity index (χ1v) is 12.5. The SMILES string of the molecule is COC(=O)CCNC(=O)N1Cc2c(sc3c2CCCC3)-n2cccc2C1c1cccc(OC)c1. The Morgan fingerprint density at radius 3 is 2.79 bits per heavy atom. The minimum atomic E-state index is -0.344. The van der Waals surface area contributed by atoms with E-state index < -0.39 is 0 Å². The summed E-state index contributed by atoms with van der Waals surface area (Å²) in [7, 11) is 3.00. The Bertz CT molecular complexity index is 1210. The number of fused-ring (bicyclic) bond motifs is 5. The van der Waals surface area contributed by atoms with E-state index in [4.69, 9.17) is 9.47 Å². The second-order valence-electron chi connectivity index (χ2n) is 8.66. The van der Waals surface area contributed by atoms with Crippen molar-refractivity contribution in [2.45, 2.75) is 44.7 Å². The number of hydrogen-bond donors (Lipinski definition) is 1. The summed E-state index contributed by atoms with van der Waals surface area (Å²) in [6.07, 6.45) is 6.79. The van der Waals surface area contributed by atoms with E-state index in [1.54, 1.807) is 7.11 Å². The van der Waals surface area contributed by atoms with E-state index in [0.717, 1.165) is 29.8 Å². The van der Waals surface area contributed by atoms with Crippen LogP contribution in [0.1, 0.15) is 52.6 Å². The molecule has 178 valence electrons. The van der Waals surface area contributed by atoms with E-state index in [1.165, 1.54) is 41.0 Å². The number of rotatable bonds is 5. The predicted molar refractivity (Wildman–Crippen MR) is 131 cm³/mol. The quantitative estimate of drug-likeness (QED) is 0.543. The van der Waals surface area contributed by atoms with Gasteiger partial charge in [-0.3, -0.25) is 4.79 Å². The maximum atomic E-state index is 13.6. The molecule has 1 N–H and O–H groups in total. The van der Waals surface area contributed by atoms with Crippen LogP contribution in [-0.4, -0.2) is 42.2 Å². The fourth-order valence-electron chi connectivity index (χ4n) is 5.02. The first-order chi connectivity index (χ1) is 16.6. The van der Waals surface area contributed by atoms with E-state index in [1.807, 2.05) is 46.6 Å². The number of urea groups is 1. The molecule has 2 amide bonds. The van der Waals surface area contributed by atoms with Crippen molar-refractivity contribution in [2.75, 3.05) is 20.8 Å². The van der Waals surface area contributed by atoms with Crippen LogP contribution in [0.2, 0.25) is 0 Å². The van der Waals surface area contributed by atoms with Crippen molar-refractivity contribution in [1.82, 2.24) is 14.8 Å². The van der Waals surface area contributed by atoms with Crippen molar-refractivity contribution in [3.63, 3.8) is 0 Å². The van der Waals surface area contributed by atoms with Crippen molar-refractivity contribution in [1.29, 1.82) is 0 Å². The molecule has 0 spiro atoms. The van der Waals surface area contributed by atoms with E-state index >= 15 is 0 Å². The Kier molecular flexibility index (Phi) is 6.32. The second-order valence-corrected chi connectivity index (χ2v) is 9.75. The van der Waals surface area contributed by atoms with Gasteiger partial charge in [0.1, 0.15) is 10.8 Å². The number of esters is 1. The zero-order valence-corrected chi connectivity index (χ0v) is 20.3. The number of thiophene rings is 1. The van der Waals surface area contributed by atoms with Crippen LogP contribution in [0, 0.1) is 0 Å². The Morgan fingerprint density at radius 2 is 1.97 bits per heavy atom. The number of amides is 2. The van der Waals surface area contributed by atoms with Gasteiger partial charge in [0.2, 0.25) is 0 Å². The molecule has 1 unspecified atom stereocenters. The number of carbonyl (C=O) groups excluding carboxylic acids is 2. The summed E-state index contributed by atoms with van der Waals surface area (Å²) in [4.78, 5) is 28.6. The first kappa shape index (κ1) is 22.5. The molecule has 34 heavy (non-hydrogen) atoms. The molecule has 1 aliphatic carbocycles. The molecule has 2 aromatic heterocycles. The molecule has 7 nitrogen and oxygen atoms in total. The molecule has 3 aromatic rings. The third-order valence-electron chi connectivity index (χ3n) is 6.68. The number of methoxy groups -OCH3 is 2. The van der Waals surface area contributed by atoms with Crippen molar-refractivity contribution < 1.29 is 19.1 Å². The van der Waals surface area contributed by atoms with Crippen LogP contribution in [0.5, 0.6) is 5.75 Å². The van der Waals surface area contributed by atoms with Crippen LogP contribution in [0.25, 0.3) is 5.00 Å². The van der Waals surface area contributed by atoms with Gasteiger partial charge in [-0.25, -0.2) is 4.79 Å². The average Bonchev–Trinajstić information content (AvgIpc) is 3.45. The Labute approximate surface area is 203 Å². The number of ether oxygens (including phenoxy) is 2. The molecule has 5 rings (SSSR count). The van der Waals surface area contributed by atoms with Gasteiger partial charge in [-0.15, -0.1) is 11.3 Å². The van der Waals surface area contributed by atoms with Crippen LogP contribution in [-0.2, 0) is 28.9 Å². The molecule has 3 heterocycles. The highest BCUT2D eigenvalue weighted by Crippen LogP contribution is 2.44. The smallest absolute Gasteiger partial charge is 0.318 e. The fourth-order valence-corrected chi connectivity index (χ4v) is 6.43. The van der Waals surface area contributed by atoms with E-state index in [2.05, 4.69) is 22.1 Å². The Hall–Kier alpha value is -3.26. The molecule has 8 heteroatoms. The molecule has 1 aromatic carbocycles. The normalized spacial score (nSPS) is 16.6. The molecule has 1 aliphatic heterocycles. The molecule has 0 saturated carbocycles. The third kappa shape index (κ3) is 4.07. The van der Waals surface area contributed by atoms with Crippen LogP contribution in [0.15, 0.2) is 42.6 Å². The lowest BCUT2D eigenvalue weighted by molar-refractivity contribution is -0.140. The van der Waals surface area contributed by atoms with Gasteiger partial charge in [-0.1, -0.05) is 12.1 Å². The average molecular weight is 480 g/mol. The topological polar surface area (TPSA) is 72.8 Å². The van der Waals surface area contributed by atoms with Crippen LogP contribution >= 0.6 is 11.3 Å². The minimum absolute atomic E-state index is 0.134. The Balaban J connectivity index is 1.59. The number of aromatic nitrogens is 1. The lowest BCUT2D eigenvalue weighted by Crippen LogP contribution is -2.42. The molecule has 2 aliphatic rings. The van der Waals surface area contributed by atoms with E-state index in [9.17, 15) is 9.59 Å². The van der Waals surface area contributed by atoms with Gasteiger partial charge in [-0.05, 0) is 61.1 Å². The van der Waals surface area contributed by atoms with Gasteiger partial charge in [-0.2, -0.15) is 0 Å². The first-order valence-electron chi connectivity index (χ1n) is 11.7. The summed E-state index contributed by atoms with van der Waals surface area (Å²) < 4.78 is 12.5. The highest BCUT2D eigenvalue weighted by molar-refractivity contribution is 7.15. The number of hydrogen-bond acceptors (Lipinski definition) is 5. The minimum Gasteiger partial charge on any atom is -0.497 e. The Morgan fingerprint density at radius 1 is 1.12 bits per heavy atom. The van der Waals surface area contributed by atoms with Crippen molar-refractivity contribution in [3.05, 3.63) is 69.9 Å². The zero-order valence-electron chi connectivity index (χ0n) is 19.5. The van der Waals surface area contributed by atoms with Crippen LogP contribution in [0.3, 0.4) is 0 Å². The number of nitrogens with one attached hydrogen (secondary N) is 1. The highest BCUT2D eigenvalue weighted by Gasteiger charge is 2.36. The lowest BCUT2D eigenvalue weighted by atomic mass is 9.95. The van der Waals surface area contributed by atoms with Crippen molar-refractivity contribution in [2.24, 2.45) is 0 Å². The summed E-state index contributed by atoms with van der Waals surface area (Å²) in [6.45, 7) is 0.733. The van der Waals surface area contributed by atoms with Crippen molar-refractivity contribution >= 4 is 23.3 Å². The van der Waals surface area contributed by atoms with Gasteiger partial charge < -0.3 is 24.3 Å². The number of aryl methyl sites for hydroxylation is 1. The maximum absolute atomic E-state index is 13.6. The van der Waals surface area contributed by atoms with Gasteiger partial charge in [0, 0.05) is 23.2 Å². The van der Waals surface area contributed by atoms with Gasteiger partial charge >= 0.3 is 12.0 Å². The van der Waals surface area contributed by atoms with Gasteiger partial charge in [0.05, 0.1) is 38.9 Å². The molecule has 0 radical (unpaired) electrons. The fraction of sp³-hybridized carbons (Fsp3) is 0.385. The number of carbonyl (C=O) groups is 2. The van der Waals surface area contributed by atoms with E-state index in [0.29, 0.717) is 6.54 Å². The van der Waals surface area contributed by atoms with Crippen molar-refractivity contribution in [3.8, 4) is 10.8 Å². The largest absolute Gasteiger partial charge is 0.497 e. The van der Waals surface area contributed by atoms with Crippen LogP contribution in [0.4, 0.5) is 4.79 Å². The number of nitrogens with zero attached hydrogens (tertiary/aromatic N) is 2. The molecule has 0 fully saturated rings. The standard InChI is InChI=1S/C26H29N3O4S/c1-32-18-8-5-7-17(15-18)24-21-10-6-14-28(21)25-20(19-9-3-4-11-22(19)34-25)16-29(24)26(31)27-13-12-23(30)33-2/h5-8,10,14-15,24H,3-4,9,11-13,16H2,1-2H3,(H,27,31). The summed E-state index contributed by atoms with van der Waals surface area (Å²) in [6, 6.07) is 11.5. The summed E-state index contributed by atoms with van der Waals surface area (Å²) >= 11 is 1.86. The molecule has 1 atom stereocenters. The van der Waals surface area contributed by atoms with E-state index in [-0.39, 0.29) is 31.0 Å². The van der Waals surface area contributed by atoms with Gasteiger partial charge in [0.15, 0.2) is 0 Å². The summed E-state index contributed by atoms with van der Waals surface area (Å²) in [5.74, 6) is 0.404. The monoisotopic (exact) mass is 479 g/mol. The molecular weight excluding hydrogens is 450 g/mol. The van der Waals surface area contributed by atoms with Crippen LogP contribution < -0.4 is 10.1 Å². The van der Waals surface area contributed by atoms with Gasteiger partial charge in [0.25, 0.3) is 0 Å². The maximum Gasteiger partial charge on any atom is 0.318 e. The molecule has 0 bridgehead atoms.